The molecule has 0 aliphatic carbocycles. The van der Waals surface area contributed by atoms with Crippen molar-refractivity contribution in [3.05, 3.63) is 0 Å². The first-order valence-electron chi connectivity index (χ1n) is 7.51. The average Bonchev–Trinajstić information content (AvgIpc) is 2.32. The van der Waals surface area contributed by atoms with Crippen LogP contribution in [0.15, 0.2) is 0 Å². The molecule has 0 saturated heterocycles. The molecule has 0 heterocycles. The van der Waals surface area contributed by atoms with Crippen LogP contribution < -0.4 is 5.32 Å². The van der Waals surface area contributed by atoms with Gasteiger partial charge in [0.2, 0.25) is 0 Å². The number of hydrogen-bond acceptors (Lipinski definition) is 1. The lowest BCUT2D eigenvalue weighted by Crippen LogP contribution is -2.28. The Hall–Kier alpha value is -0.0400. The third-order valence-corrected chi connectivity index (χ3v) is 3.69. The molecule has 0 radical (unpaired) electrons. The molecule has 0 bridgehead atoms. The van der Waals surface area contributed by atoms with Crippen LogP contribution in [0.25, 0.3) is 0 Å². The molecular weight excluding hydrogens is 194 g/mol. The van der Waals surface area contributed by atoms with Gasteiger partial charge in [-0.15, -0.1) is 0 Å². The Morgan fingerprint density at radius 2 is 1.50 bits per heavy atom. The summed E-state index contributed by atoms with van der Waals surface area (Å²) in [6.07, 6.45) is 11.1. The van der Waals surface area contributed by atoms with Crippen LogP contribution >= 0.6 is 0 Å². The van der Waals surface area contributed by atoms with Gasteiger partial charge in [-0.2, -0.15) is 0 Å². The fraction of sp³-hybridized carbons (Fsp3) is 1.00. The highest BCUT2D eigenvalue weighted by Crippen LogP contribution is 2.20. The number of nitrogens with one attached hydrogen (secondary N) is 1. The summed E-state index contributed by atoms with van der Waals surface area (Å²) in [4.78, 5) is 0. The minimum atomic E-state index is 0.758. The normalized spacial score (nSPS) is 15.0. The van der Waals surface area contributed by atoms with Crippen LogP contribution in [0.2, 0.25) is 0 Å². The molecule has 0 aromatic rings. The topological polar surface area (TPSA) is 12.0 Å². The molecule has 1 nitrogen and oxygen atoms in total. The fourth-order valence-electron chi connectivity index (χ4n) is 2.44. The maximum Gasteiger partial charge on any atom is 0.00643 e. The Labute approximate surface area is 103 Å². The smallest absolute Gasteiger partial charge is 0.00643 e. The molecule has 2 unspecified atom stereocenters. The zero-order valence-electron chi connectivity index (χ0n) is 12.0. The van der Waals surface area contributed by atoms with Crippen LogP contribution in [-0.4, -0.2) is 12.6 Å². The van der Waals surface area contributed by atoms with Gasteiger partial charge in [-0.05, 0) is 25.3 Å². The van der Waals surface area contributed by atoms with Crippen molar-refractivity contribution >= 4 is 0 Å². The van der Waals surface area contributed by atoms with Crippen molar-refractivity contribution < 1.29 is 0 Å². The second-order valence-electron chi connectivity index (χ2n) is 5.01. The molecule has 0 spiro atoms. The van der Waals surface area contributed by atoms with Crippen LogP contribution in [0.1, 0.15) is 79.1 Å². The highest BCUT2D eigenvalue weighted by Gasteiger charge is 2.08. The summed E-state index contributed by atoms with van der Waals surface area (Å²) >= 11 is 0. The van der Waals surface area contributed by atoms with E-state index < -0.39 is 0 Å². The predicted molar refractivity (Wildman–Crippen MR) is 74.9 cm³/mol. The molecule has 1 N–H and O–H groups in total. The number of rotatable bonds is 11. The van der Waals surface area contributed by atoms with Crippen molar-refractivity contribution in [2.45, 2.75) is 85.1 Å². The van der Waals surface area contributed by atoms with Crippen LogP contribution in [0.4, 0.5) is 0 Å². The second-order valence-corrected chi connectivity index (χ2v) is 5.01. The van der Waals surface area contributed by atoms with Crippen molar-refractivity contribution in [1.82, 2.24) is 5.32 Å². The lowest BCUT2D eigenvalue weighted by molar-refractivity contribution is 0.378. The van der Waals surface area contributed by atoms with E-state index in [9.17, 15) is 0 Å². The molecule has 0 aliphatic rings. The van der Waals surface area contributed by atoms with E-state index in [1.807, 2.05) is 0 Å². The molecule has 1 heteroatoms. The van der Waals surface area contributed by atoms with Gasteiger partial charge in [0, 0.05) is 6.04 Å². The summed E-state index contributed by atoms with van der Waals surface area (Å²) in [5.74, 6) is 0.985. The zero-order valence-corrected chi connectivity index (χ0v) is 12.0. The predicted octanol–water partition coefficient (Wildman–Crippen LogP) is 4.76. The van der Waals surface area contributed by atoms with E-state index in [0.29, 0.717) is 0 Å². The van der Waals surface area contributed by atoms with Crippen molar-refractivity contribution in [2.75, 3.05) is 6.54 Å². The number of unbranched alkanes of at least 4 members (excludes halogenated alkanes) is 1. The summed E-state index contributed by atoms with van der Waals surface area (Å²) in [6, 6.07) is 0.758. The van der Waals surface area contributed by atoms with E-state index in [1.165, 1.54) is 51.4 Å². The molecule has 98 valence electrons. The van der Waals surface area contributed by atoms with E-state index in [0.717, 1.165) is 18.5 Å². The van der Waals surface area contributed by atoms with Crippen molar-refractivity contribution in [2.24, 2.45) is 5.92 Å². The van der Waals surface area contributed by atoms with Crippen LogP contribution in [0, 0.1) is 5.92 Å². The Balaban J connectivity index is 3.58. The molecule has 0 aromatic carbocycles. The standard InChI is InChI=1S/C15H33N/c1-5-9-11-14(6-2)12-10-13-15(7-3)16-8-4/h14-16H,5-13H2,1-4H3. The van der Waals surface area contributed by atoms with Gasteiger partial charge in [-0.1, -0.05) is 66.2 Å². The van der Waals surface area contributed by atoms with E-state index in [1.54, 1.807) is 0 Å². The van der Waals surface area contributed by atoms with E-state index in [-0.39, 0.29) is 0 Å². The summed E-state index contributed by atoms with van der Waals surface area (Å²) in [5.41, 5.74) is 0. The van der Waals surface area contributed by atoms with E-state index >= 15 is 0 Å². The van der Waals surface area contributed by atoms with Gasteiger partial charge in [0.15, 0.2) is 0 Å². The highest BCUT2D eigenvalue weighted by molar-refractivity contribution is 4.66. The van der Waals surface area contributed by atoms with Crippen LogP contribution in [0.5, 0.6) is 0 Å². The van der Waals surface area contributed by atoms with Crippen molar-refractivity contribution in [1.29, 1.82) is 0 Å². The van der Waals surface area contributed by atoms with Crippen molar-refractivity contribution in [3.8, 4) is 0 Å². The molecular formula is C15H33N. The fourth-order valence-corrected chi connectivity index (χ4v) is 2.44. The van der Waals surface area contributed by atoms with Gasteiger partial charge in [0.25, 0.3) is 0 Å². The second kappa shape index (κ2) is 11.4. The molecule has 2 atom stereocenters. The molecule has 0 fully saturated rings. The lowest BCUT2D eigenvalue weighted by Gasteiger charge is -2.18. The first kappa shape index (κ1) is 16.0. The molecule has 0 saturated carbocycles. The van der Waals surface area contributed by atoms with Gasteiger partial charge in [0.05, 0.1) is 0 Å². The number of hydrogen-bond donors (Lipinski definition) is 1. The van der Waals surface area contributed by atoms with E-state index in [2.05, 4.69) is 33.0 Å². The average molecular weight is 227 g/mol. The highest BCUT2D eigenvalue weighted by atomic mass is 14.9. The Kier molecular flexibility index (Phi) is 11.4. The summed E-state index contributed by atoms with van der Waals surface area (Å²) in [7, 11) is 0. The van der Waals surface area contributed by atoms with Gasteiger partial charge < -0.3 is 5.32 Å². The molecule has 0 rings (SSSR count). The van der Waals surface area contributed by atoms with Gasteiger partial charge in [-0.3, -0.25) is 0 Å². The Morgan fingerprint density at radius 3 is 2.00 bits per heavy atom. The van der Waals surface area contributed by atoms with Crippen LogP contribution in [0.3, 0.4) is 0 Å². The monoisotopic (exact) mass is 227 g/mol. The van der Waals surface area contributed by atoms with Gasteiger partial charge in [-0.25, -0.2) is 0 Å². The molecule has 0 aliphatic heterocycles. The minimum absolute atomic E-state index is 0.758. The third-order valence-electron chi connectivity index (χ3n) is 3.69. The Morgan fingerprint density at radius 1 is 0.812 bits per heavy atom. The Bertz CT molecular complexity index is 133. The molecule has 0 amide bonds. The summed E-state index contributed by atoms with van der Waals surface area (Å²) in [5, 5.41) is 3.57. The summed E-state index contributed by atoms with van der Waals surface area (Å²) in [6.45, 7) is 10.3. The minimum Gasteiger partial charge on any atom is -0.314 e. The van der Waals surface area contributed by atoms with Crippen molar-refractivity contribution in [3.63, 3.8) is 0 Å². The SMILES string of the molecule is CCCCC(CC)CCCC(CC)NCC. The first-order chi connectivity index (χ1) is 7.78. The van der Waals surface area contributed by atoms with Gasteiger partial charge >= 0.3 is 0 Å². The third kappa shape index (κ3) is 8.15. The maximum atomic E-state index is 3.57. The van der Waals surface area contributed by atoms with Crippen LogP contribution in [-0.2, 0) is 0 Å². The first-order valence-corrected chi connectivity index (χ1v) is 7.51. The molecule has 16 heavy (non-hydrogen) atoms. The van der Waals surface area contributed by atoms with Gasteiger partial charge in [0.1, 0.15) is 0 Å². The quantitative estimate of drug-likeness (QED) is 0.536. The summed E-state index contributed by atoms with van der Waals surface area (Å²) < 4.78 is 0. The zero-order chi connectivity index (χ0) is 12.2. The molecule has 0 aromatic heterocycles. The maximum absolute atomic E-state index is 3.57. The largest absolute Gasteiger partial charge is 0.314 e. The lowest BCUT2D eigenvalue weighted by atomic mass is 9.92. The van der Waals surface area contributed by atoms with E-state index in [4.69, 9.17) is 0 Å².